The zero-order valence-corrected chi connectivity index (χ0v) is 14.7. The van der Waals surface area contributed by atoms with Gasteiger partial charge in [0, 0.05) is 37.3 Å². The average Bonchev–Trinajstić information content (AvgIpc) is 2.45. The summed E-state index contributed by atoms with van der Waals surface area (Å²) in [5.41, 5.74) is 0.866. The molecule has 1 fully saturated rings. The lowest BCUT2D eigenvalue weighted by Gasteiger charge is -2.42. The maximum Gasteiger partial charge on any atom is 0.253 e. The zero-order valence-electron chi connectivity index (χ0n) is 13.1. The van der Waals surface area contributed by atoms with E-state index in [1.165, 1.54) is 0 Å². The van der Waals surface area contributed by atoms with Crippen molar-refractivity contribution >= 4 is 21.8 Å². The van der Waals surface area contributed by atoms with Crippen LogP contribution >= 0.6 is 15.9 Å². The second-order valence-electron chi connectivity index (χ2n) is 6.30. The Hall–Kier alpha value is -1.07. The normalized spacial score (nSPS) is 16.9. The van der Waals surface area contributed by atoms with Gasteiger partial charge in [0.05, 0.1) is 11.6 Å². The monoisotopic (exact) mass is 354 g/mol. The number of methoxy groups -OCH3 is 1. The summed E-state index contributed by atoms with van der Waals surface area (Å²) in [6.07, 6.45) is 0. The maximum absolute atomic E-state index is 12.6. The van der Waals surface area contributed by atoms with Gasteiger partial charge < -0.3 is 9.64 Å². The van der Waals surface area contributed by atoms with Crippen LogP contribution in [0.2, 0.25) is 0 Å². The first-order valence-corrected chi connectivity index (χ1v) is 8.00. The molecule has 1 heterocycles. The Kier molecular flexibility index (Phi) is 4.94. The summed E-state index contributed by atoms with van der Waals surface area (Å²) in [6, 6.07) is 5.47. The highest BCUT2D eigenvalue weighted by molar-refractivity contribution is 9.10. The third-order valence-electron chi connectivity index (χ3n) is 3.91. The van der Waals surface area contributed by atoms with Crippen LogP contribution in [-0.2, 0) is 0 Å². The summed E-state index contributed by atoms with van der Waals surface area (Å²) in [5.74, 6) is 0.830. The van der Waals surface area contributed by atoms with Crippen LogP contribution in [0.15, 0.2) is 22.7 Å². The number of benzene rings is 1. The molecule has 1 aliphatic heterocycles. The molecule has 0 saturated carbocycles. The highest BCUT2D eigenvalue weighted by Crippen LogP contribution is 2.26. The van der Waals surface area contributed by atoms with Crippen LogP contribution in [0.5, 0.6) is 5.75 Å². The van der Waals surface area contributed by atoms with Crippen LogP contribution in [0.25, 0.3) is 0 Å². The zero-order chi connectivity index (χ0) is 15.6. The summed E-state index contributed by atoms with van der Waals surface area (Å²) in [4.78, 5) is 16.9. The van der Waals surface area contributed by atoms with Gasteiger partial charge in [0.25, 0.3) is 5.91 Å². The van der Waals surface area contributed by atoms with Gasteiger partial charge in [0.15, 0.2) is 0 Å². The molecule has 1 saturated heterocycles. The first-order valence-electron chi connectivity index (χ1n) is 7.21. The molecule has 0 unspecified atom stereocenters. The van der Waals surface area contributed by atoms with E-state index < -0.39 is 0 Å². The SMILES string of the molecule is COc1ccc(C(=O)N2CCN(C(C)(C)C)CC2)cc1Br. The predicted octanol–water partition coefficient (Wildman–Crippen LogP) is 3.01. The van der Waals surface area contributed by atoms with E-state index in [9.17, 15) is 4.79 Å². The van der Waals surface area contributed by atoms with Crippen molar-refractivity contribution in [1.29, 1.82) is 0 Å². The van der Waals surface area contributed by atoms with Gasteiger partial charge in [0.1, 0.15) is 5.75 Å². The quantitative estimate of drug-likeness (QED) is 0.818. The molecule has 116 valence electrons. The van der Waals surface area contributed by atoms with Gasteiger partial charge in [0.2, 0.25) is 0 Å². The number of carbonyl (C=O) groups is 1. The van der Waals surface area contributed by atoms with Crippen LogP contribution in [0.4, 0.5) is 0 Å². The first kappa shape index (κ1) is 16.3. The van der Waals surface area contributed by atoms with Crippen molar-refractivity contribution in [3.63, 3.8) is 0 Å². The van der Waals surface area contributed by atoms with Gasteiger partial charge in [-0.2, -0.15) is 0 Å². The van der Waals surface area contributed by atoms with Gasteiger partial charge in [-0.05, 0) is 54.9 Å². The molecule has 5 heteroatoms. The van der Waals surface area contributed by atoms with E-state index in [1.54, 1.807) is 7.11 Å². The second-order valence-corrected chi connectivity index (χ2v) is 7.15. The lowest BCUT2D eigenvalue weighted by atomic mass is 10.0. The van der Waals surface area contributed by atoms with E-state index in [0.29, 0.717) is 5.56 Å². The topological polar surface area (TPSA) is 32.8 Å². The van der Waals surface area contributed by atoms with Gasteiger partial charge in [-0.15, -0.1) is 0 Å². The molecular weight excluding hydrogens is 332 g/mol. The standard InChI is InChI=1S/C16H23BrN2O2/c1-16(2,3)19-9-7-18(8-10-19)15(20)12-5-6-14(21-4)13(17)11-12/h5-6,11H,7-10H2,1-4H3. The molecule has 1 aliphatic rings. The lowest BCUT2D eigenvalue weighted by Crippen LogP contribution is -2.54. The van der Waals surface area contributed by atoms with Crippen molar-refractivity contribution in [2.45, 2.75) is 26.3 Å². The number of amides is 1. The van der Waals surface area contributed by atoms with Crippen molar-refractivity contribution in [3.8, 4) is 5.75 Å². The smallest absolute Gasteiger partial charge is 0.253 e. The second kappa shape index (κ2) is 6.36. The number of rotatable bonds is 2. The van der Waals surface area contributed by atoms with E-state index in [0.717, 1.165) is 36.4 Å². The number of hydrogen-bond donors (Lipinski definition) is 0. The van der Waals surface area contributed by atoms with E-state index in [4.69, 9.17) is 4.74 Å². The number of carbonyl (C=O) groups excluding carboxylic acids is 1. The van der Waals surface area contributed by atoms with Crippen molar-refractivity contribution in [1.82, 2.24) is 9.80 Å². The molecule has 1 aromatic carbocycles. The summed E-state index contributed by atoms with van der Waals surface area (Å²) >= 11 is 3.43. The number of nitrogens with zero attached hydrogens (tertiary/aromatic N) is 2. The Balaban J connectivity index is 2.04. The molecule has 0 spiro atoms. The van der Waals surface area contributed by atoms with Crippen LogP contribution in [0.3, 0.4) is 0 Å². The molecule has 0 radical (unpaired) electrons. The van der Waals surface area contributed by atoms with E-state index in [2.05, 4.69) is 41.6 Å². The van der Waals surface area contributed by atoms with Crippen LogP contribution in [0, 0.1) is 0 Å². The van der Waals surface area contributed by atoms with E-state index in [-0.39, 0.29) is 11.4 Å². The molecule has 21 heavy (non-hydrogen) atoms. The third-order valence-corrected chi connectivity index (χ3v) is 4.53. The molecule has 2 rings (SSSR count). The minimum absolute atomic E-state index is 0.0897. The molecule has 1 amide bonds. The van der Waals surface area contributed by atoms with Crippen LogP contribution < -0.4 is 4.74 Å². The van der Waals surface area contributed by atoms with E-state index >= 15 is 0 Å². The number of ether oxygens (including phenoxy) is 1. The fourth-order valence-corrected chi connectivity index (χ4v) is 3.10. The molecular formula is C16H23BrN2O2. The summed E-state index contributed by atoms with van der Waals surface area (Å²) in [5, 5.41) is 0. The molecule has 0 aromatic heterocycles. The Morgan fingerprint density at radius 3 is 2.29 bits per heavy atom. The molecule has 0 bridgehead atoms. The van der Waals surface area contributed by atoms with Gasteiger partial charge in [-0.3, -0.25) is 9.69 Å². The molecule has 1 aromatic rings. The summed E-state index contributed by atoms with van der Waals surface area (Å²) in [6.45, 7) is 10.0. The van der Waals surface area contributed by atoms with E-state index in [1.807, 2.05) is 23.1 Å². The maximum atomic E-state index is 12.6. The highest BCUT2D eigenvalue weighted by Gasteiger charge is 2.28. The fourth-order valence-electron chi connectivity index (χ4n) is 2.56. The molecule has 0 aliphatic carbocycles. The van der Waals surface area contributed by atoms with Crippen molar-refractivity contribution in [2.24, 2.45) is 0 Å². The molecule has 0 N–H and O–H groups in total. The Morgan fingerprint density at radius 2 is 1.81 bits per heavy atom. The highest BCUT2D eigenvalue weighted by atomic mass is 79.9. The summed E-state index contributed by atoms with van der Waals surface area (Å²) in [7, 11) is 1.62. The van der Waals surface area contributed by atoms with Crippen molar-refractivity contribution in [3.05, 3.63) is 28.2 Å². The lowest BCUT2D eigenvalue weighted by molar-refractivity contribution is 0.0451. The van der Waals surface area contributed by atoms with Crippen molar-refractivity contribution < 1.29 is 9.53 Å². The Morgan fingerprint density at radius 1 is 1.19 bits per heavy atom. The minimum atomic E-state index is 0.0897. The predicted molar refractivity (Wildman–Crippen MR) is 87.9 cm³/mol. The third kappa shape index (κ3) is 3.77. The Bertz CT molecular complexity index is 517. The van der Waals surface area contributed by atoms with Gasteiger partial charge >= 0.3 is 0 Å². The first-order chi connectivity index (χ1) is 9.82. The average molecular weight is 355 g/mol. The fraction of sp³-hybridized carbons (Fsp3) is 0.562. The number of halogens is 1. The number of piperazine rings is 1. The summed E-state index contributed by atoms with van der Waals surface area (Å²) < 4.78 is 6.01. The molecule has 0 atom stereocenters. The van der Waals surface area contributed by atoms with Gasteiger partial charge in [-0.1, -0.05) is 0 Å². The number of hydrogen-bond acceptors (Lipinski definition) is 3. The van der Waals surface area contributed by atoms with Gasteiger partial charge in [-0.25, -0.2) is 0 Å². The minimum Gasteiger partial charge on any atom is -0.496 e. The largest absolute Gasteiger partial charge is 0.496 e. The molecule has 4 nitrogen and oxygen atoms in total. The Labute approximate surface area is 135 Å². The van der Waals surface area contributed by atoms with Crippen LogP contribution in [-0.4, -0.2) is 54.5 Å². The van der Waals surface area contributed by atoms with Crippen molar-refractivity contribution in [2.75, 3.05) is 33.3 Å². The van der Waals surface area contributed by atoms with Crippen LogP contribution in [0.1, 0.15) is 31.1 Å².